The number of carbonyl (C=O) groups is 2. The van der Waals surface area contributed by atoms with E-state index in [-0.39, 0.29) is 30.9 Å². The molecule has 0 radical (unpaired) electrons. The van der Waals surface area contributed by atoms with Gasteiger partial charge in [-0.25, -0.2) is 0 Å². The molecule has 1 unspecified atom stereocenters. The summed E-state index contributed by atoms with van der Waals surface area (Å²) in [5.74, 6) is 1.34. The van der Waals surface area contributed by atoms with Gasteiger partial charge in [-0.1, -0.05) is 23.7 Å². The molecule has 0 bridgehead atoms. The number of rotatable bonds is 4. The molecule has 1 aliphatic heterocycles. The Labute approximate surface area is 133 Å². The van der Waals surface area contributed by atoms with Gasteiger partial charge in [-0.2, -0.15) is 11.8 Å². The van der Waals surface area contributed by atoms with E-state index in [1.54, 1.807) is 0 Å². The molecule has 0 saturated carbocycles. The Morgan fingerprint density at radius 2 is 2.10 bits per heavy atom. The molecule has 5 nitrogen and oxygen atoms in total. The van der Waals surface area contributed by atoms with E-state index >= 15 is 0 Å². The minimum absolute atomic E-state index is 0.00914. The van der Waals surface area contributed by atoms with Gasteiger partial charge in [0, 0.05) is 23.1 Å². The van der Waals surface area contributed by atoms with Crippen LogP contribution < -0.4 is 11.1 Å². The zero-order valence-corrected chi connectivity index (χ0v) is 13.1. The first-order chi connectivity index (χ1) is 10.1. The van der Waals surface area contributed by atoms with E-state index < -0.39 is 0 Å². The van der Waals surface area contributed by atoms with Gasteiger partial charge in [-0.3, -0.25) is 9.59 Å². The molecule has 114 valence electrons. The van der Waals surface area contributed by atoms with Crippen LogP contribution in [0.4, 0.5) is 0 Å². The molecule has 7 heteroatoms. The van der Waals surface area contributed by atoms with Crippen molar-refractivity contribution in [2.45, 2.75) is 6.04 Å². The lowest BCUT2D eigenvalue weighted by Crippen LogP contribution is -2.46. The Hall–Kier alpha value is -1.24. The molecular weight excluding hydrogens is 310 g/mol. The fraction of sp³-hybridized carbons (Fsp3) is 0.429. The monoisotopic (exact) mass is 327 g/mol. The number of halogens is 1. The van der Waals surface area contributed by atoms with Gasteiger partial charge in [-0.05, 0) is 17.7 Å². The van der Waals surface area contributed by atoms with Crippen molar-refractivity contribution in [3.63, 3.8) is 0 Å². The minimum atomic E-state index is -0.322. The van der Waals surface area contributed by atoms with Crippen LogP contribution in [0.1, 0.15) is 11.6 Å². The van der Waals surface area contributed by atoms with Crippen molar-refractivity contribution < 1.29 is 9.59 Å². The lowest BCUT2D eigenvalue weighted by atomic mass is 10.1. The third-order valence-electron chi connectivity index (χ3n) is 3.33. The lowest BCUT2D eigenvalue weighted by Gasteiger charge is -2.36. The smallest absolute Gasteiger partial charge is 0.242 e. The summed E-state index contributed by atoms with van der Waals surface area (Å²) in [5.41, 5.74) is 6.28. The Balaban J connectivity index is 2.06. The number of nitrogens with one attached hydrogen (secondary N) is 1. The summed E-state index contributed by atoms with van der Waals surface area (Å²) in [6.45, 7) is 0.559. The van der Waals surface area contributed by atoms with Crippen LogP contribution in [0.15, 0.2) is 24.3 Å². The van der Waals surface area contributed by atoms with Crippen molar-refractivity contribution in [2.75, 3.05) is 31.1 Å². The summed E-state index contributed by atoms with van der Waals surface area (Å²) in [7, 11) is 0. The number of amides is 2. The van der Waals surface area contributed by atoms with Gasteiger partial charge in [-0.15, -0.1) is 0 Å². The third kappa shape index (κ3) is 4.36. The molecule has 1 fully saturated rings. The van der Waals surface area contributed by atoms with Crippen molar-refractivity contribution in [1.29, 1.82) is 0 Å². The fourth-order valence-corrected chi connectivity index (χ4v) is 3.43. The largest absolute Gasteiger partial charge is 0.346 e. The van der Waals surface area contributed by atoms with E-state index in [2.05, 4.69) is 5.32 Å². The van der Waals surface area contributed by atoms with Gasteiger partial charge in [0.15, 0.2) is 0 Å². The highest BCUT2D eigenvalue weighted by Crippen LogP contribution is 2.30. The molecule has 0 aromatic heterocycles. The fourth-order valence-electron chi connectivity index (χ4n) is 2.21. The van der Waals surface area contributed by atoms with Crippen LogP contribution in [-0.4, -0.2) is 47.9 Å². The third-order valence-corrected chi connectivity index (χ3v) is 4.60. The van der Waals surface area contributed by atoms with E-state index in [4.69, 9.17) is 17.3 Å². The Morgan fingerprint density at radius 3 is 2.76 bits per heavy atom. The normalized spacial score (nSPS) is 18.4. The van der Waals surface area contributed by atoms with Gasteiger partial charge in [0.25, 0.3) is 0 Å². The Bertz CT molecular complexity index is 509. The first-order valence-corrected chi connectivity index (χ1v) is 8.24. The molecule has 0 spiro atoms. The first-order valence-electron chi connectivity index (χ1n) is 6.71. The quantitative estimate of drug-likeness (QED) is 0.866. The van der Waals surface area contributed by atoms with Crippen molar-refractivity contribution in [2.24, 2.45) is 5.73 Å². The van der Waals surface area contributed by atoms with E-state index in [0.717, 1.165) is 17.1 Å². The number of hydrogen-bond acceptors (Lipinski definition) is 4. The number of carbonyl (C=O) groups excluding carboxylic acids is 2. The van der Waals surface area contributed by atoms with Crippen LogP contribution in [0, 0.1) is 0 Å². The number of hydrogen-bond donors (Lipinski definition) is 2. The standard InChI is InChI=1S/C14H18ClN3O2S/c15-11-3-1-10(2-4-11)12-9-21-6-5-18(12)14(20)8-17-13(19)7-16/h1-4,12H,5-9,16H2,(H,17,19). The molecule has 21 heavy (non-hydrogen) atoms. The van der Waals surface area contributed by atoms with Crippen LogP contribution >= 0.6 is 23.4 Å². The second-order valence-electron chi connectivity index (χ2n) is 4.71. The number of benzene rings is 1. The second kappa shape index (κ2) is 7.68. The Kier molecular flexibility index (Phi) is 5.90. The lowest BCUT2D eigenvalue weighted by molar-refractivity contribution is -0.134. The number of nitrogens with two attached hydrogens (primary N) is 1. The zero-order chi connectivity index (χ0) is 15.2. The number of thioether (sulfide) groups is 1. The molecule has 3 N–H and O–H groups in total. The zero-order valence-electron chi connectivity index (χ0n) is 11.5. The van der Waals surface area contributed by atoms with E-state index in [1.165, 1.54) is 0 Å². The first kappa shape index (κ1) is 16.1. The van der Waals surface area contributed by atoms with Crippen molar-refractivity contribution >= 4 is 35.2 Å². The molecule has 2 amide bonds. The summed E-state index contributed by atoms with van der Waals surface area (Å²) in [6, 6.07) is 7.56. The molecule has 1 aromatic rings. The van der Waals surface area contributed by atoms with Crippen LogP contribution in [-0.2, 0) is 9.59 Å². The van der Waals surface area contributed by atoms with E-state index in [1.807, 2.05) is 40.9 Å². The molecule has 1 heterocycles. The van der Waals surface area contributed by atoms with Crippen LogP contribution in [0.5, 0.6) is 0 Å². The van der Waals surface area contributed by atoms with Crippen molar-refractivity contribution in [3.05, 3.63) is 34.9 Å². The summed E-state index contributed by atoms with van der Waals surface area (Å²) in [6.07, 6.45) is 0. The maximum Gasteiger partial charge on any atom is 0.242 e. The predicted octanol–water partition coefficient (Wildman–Crippen LogP) is 1.03. The summed E-state index contributed by atoms with van der Waals surface area (Å²) in [5, 5.41) is 3.20. The van der Waals surface area contributed by atoms with Gasteiger partial charge in [0.05, 0.1) is 19.1 Å². The molecule has 1 atom stereocenters. The highest BCUT2D eigenvalue weighted by atomic mass is 35.5. The maximum atomic E-state index is 12.3. The summed E-state index contributed by atoms with van der Waals surface area (Å²) in [4.78, 5) is 25.3. The Morgan fingerprint density at radius 1 is 1.38 bits per heavy atom. The highest BCUT2D eigenvalue weighted by Gasteiger charge is 2.28. The van der Waals surface area contributed by atoms with Crippen LogP contribution in [0.3, 0.4) is 0 Å². The second-order valence-corrected chi connectivity index (χ2v) is 6.30. The molecule has 0 aliphatic carbocycles. The minimum Gasteiger partial charge on any atom is -0.346 e. The van der Waals surface area contributed by atoms with Gasteiger partial charge < -0.3 is 16.0 Å². The average molecular weight is 328 g/mol. The summed E-state index contributed by atoms with van der Waals surface area (Å²) >= 11 is 7.72. The topological polar surface area (TPSA) is 75.4 Å². The molecule has 1 saturated heterocycles. The molecule has 1 aromatic carbocycles. The average Bonchev–Trinajstić information content (AvgIpc) is 2.53. The SMILES string of the molecule is NCC(=O)NCC(=O)N1CCSCC1c1ccc(Cl)cc1. The van der Waals surface area contributed by atoms with E-state index in [0.29, 0.717) is 11.6 Å². The summed E-state index contributed by atoms with van der Waals surface area (Å²) < 4.78 is 0. The van der Waals surface area contributed by atoms with Gasteiger partial charge >= 0.3 is 0 Å². The van der Waals surface area contributed by atoms with E-state index in [9.17, 15) is 9.59 Å². The van der Waals surface area contributed by atoms with Gasteiger partial charge in [0.2, 0.25) is 11.8 Å². The predicted molar refractivity (Wildman–Crippen MR) is 85.3 cm³/mol. The number of nitrogens with zero attached hydrogens (tertiary/aromatic N) is 1. The van der Waals surface area contributed by atoms with Crippen LogP contribution in [0.2, 0.25) is 5.02 Å². The maximum absolute atomic E-state index is 12.3. The van der Waals surface area contributed by atoms with Crippen molar-refractivity contribution in [1.82, 2.24) is 10.2 Å². The molecule has 2 rings (SSSR count). The molecular formula is C14H18ClN3O2S. The van der Waals surface area contributed by atoms with Crippen LogP contribution in [0.25, 0.3) is 0 Å². The van der Waals surface area contributed by atoms with Gasteiger partial charge in [0.1, 0.15) is 0 Å². The van der Waals surface area contributed by atoms with Crippen molar-refractivity contribution in [3.8, 4) is 0 Å². The molecule has 1 aliphatic rings. The highest BCUT2D eigenvalue weighted by molar-refractivity contribution is 7.99.